The van der Waals surface area contributed by atoms with Crippen molar-refractivity contribution in [3.63, 3.8) is 0 Å². The minimum absolute atomic E-state index is 0.432. The maximum atomic E-state index is 3.66. The van der Waals surface area contributed by atoms with Gasteiger partial charge >= 0.3 is 0 Å². The largest absolute Gasteiger partial charge is 0.307 e. The third kappa shape index (κ3) is 4.72. The first-order chi connectivity index (χ1) is 8.04. The Bertz CT molecular complexity index is 349. The Morgan fingerprint density at radius 1 is 1.18 bits per heavy atom. The Hall–Kier alpha value is -0.470. The highest BCUT2D eigenvalue weighted by atomic mass is 32.2. The molecule has 0 heterocycles. The summed E-state index contributed by atoms with van der Waals surface area (Å²) in [6.45, 7) is 11.1. The third-order valence-corrected chi connectivity index (χ3v) is 4.28. The van der Waals surface area contributed by atoms with E-state index in [1.54, 1.807) is 0 Å². The Kier molecular flexibility index (Phi) is 6.07. The summed E-state index contributed by atoms with van der Waals surface area (Å²) in [6.07, 6.45) is 0. The topological polar surface area (TPSA) is 12.0 Å². The smallest absolute Gasteiger partial charge is 0.0294 e. The van der Waals surface area contributed by atoms with Crippen LogP contribution in [0.3, 0.4) is 0 Å². The van der Waals surface area contributed by atoms with Gasteiger partial charge in [0.15, 0.2) is 0 Å². The van der Waals surface area contributed by atoms with Gasteiger partial charge in [0.05, 0.1) is 0 Å². The molecule has 1 rings (SSSR count). The molecule has 0 aliphatic heterocycles. The van der Waals surface area contributed by atoms with Crippen LogP contribution >= 0.6 is 11.8 Å². The predicted octanol–water partition coefficient (Wildman–Crippen LogP) is 4.10. The number of thioether (sulfide) groups is 1. The zero-order valence-electron chi connectivity index (χ0n) is 11.7. The molecule has 1 nitrogen and oxygen atoms in total. The maximum absolute atomic E-state index is 3.66. The van der Waals surface area contributed by atoms with Gasteiger partial charge < -0.3 is 5.32 Å². The molecular formula is C15H25NS. The Morgan fingerprint density at radius 3 is 2.47 bits per heavy atom. The summed E-state index contributed by atoms with van der Waals surface area (Å²) in [5.74, 6) is 2.38. The van der Waals surface area contributed by atoms with Crippen LogP contribution in [-0.2, 0) is 0 Å². The highest BCUT2D eigenvalue weighted by Gasteiger charge is 2.09. The van der Waals surface area contributed by atoms with Crippen LogP contribution in [0, 0.1) is 13.8 Å². The maximum Gasteiger partial charge on any atom is 0.0294 e. The molecule has 1 aromatic carbocycles. The van der Waals surface area contributed by atoms with Crippen LogP contribution in [0.2, 0.25) is 0 Å². The summed E-state index contributed by atoms with van der Waals surface area (Å²) in [5.41, 5.74) is 4.14. The lowest BCUT2D eigenvalue weighted by Crippen LogP contribution is -2.31. The molecule has 0 amide bonds. The molecule has 0 aromatic heterocycles. The SMILES string of the molecule is CCSCC(C)NC(C)c1ccc(C)c(C)c1. The van der Waals surface area contributed by atoms with Crippen LogP contribution in [0.15, 0.2) is 18.2 Å². The number of aryl methyl sites for hydroxylation is 2. The van der Waals surface area contributed by atoms with Crippen LogP contribution in [-0.4, -0.2) is 17.5 Å². The molecule has 0 saturated carbocycles. The van der Waals surface area contributed by atoms with Crippen molar-refractivity contribution < 1.29 is 0 Å². The molecule has 2 heteroatoms. The summed E-state index contributed by atoms with van der Waals surface area (Å²) < 4.78 is 0. The standard InChI is InChI=1S/C15H25NS/c1-6-17-10-13(4)16-14(5)15-8-7-11(2)12(3)9-15/h7-9,13-14,16H,6,10H2,1-5H3. The second-order valence-electron chi connectivity index (χ2n) is 4.79. The van der Waals surface area contributed by atoms with Gasteiger partial charge in [-0.25, -0.2) is 0 Å². The van der Waals surface area contributed by atoms with E-state index in [0.717, 1.165) is 0 Å². The Morgan fingerprint density at radius 2 is 1.88 bits per heavy atom. The van der Waals surface area contributed by atoms with Gasteiger partial charge in [-0.05, 0) is 50.1 Å². The van der Waals surface area contributed by atoms with Gasteiger partial charge in [-0.15, -0.1) is 0 Å². The van der Waals surface area contributed by atoms with Crippen LogP contribution in [0.25, 0.3) is 0 Å². The number of rotatable bonds is 6. The zero-order valence-corrected chi connectivity index (χ0v) is 12.5. The molecule has 2 atom stereocenters. The molecule has 0 bridgehead atoms. The monoisotopic (exact) mass is 251 g/mol. The average Bonchev–Trinajstić information content (AvgIpc) is 2.30. The molecule has 0 fully saturated rings. The molecule has 1 N–H and O–H groups in total. The number of benzene rings is 1. The van der Waals surface area contributed by atoms with Crippen molar-refractivity contribution in [3.8, 4) is 0 Å². The Balaban J connectivity index is 2.57. The van der Waals surface area contributed by atoms with E-state index >= 15 is 0 Å². The lowest BCUT2D eigenvalue weighted by atomic mass is 10.0. The van der Waals surface area contributed by atoms with Crippen molar-refractivity contribution in [1.29, 1.82) is 0 Å². The fraction of sp³-hybridized carbons (Fsp3) is 0.600. The normalized spacial score (nSPS) is 14.6. The molecule has 0 spiro atoms. The Labute approximate surface area is 110 Å². The summed E-state index contributed by atoms with van der Waals surface area (Å²) in [6, 6.07) is 7.75. The molecule has 0 saturated heterocycles. The highest BCUT2D eigenvalue weighted by molar-refractivity contribution is 7.99. The van der Waals surface area contributed by atoms with Gasteiger partial charge in [-0.2, -0.15) is 11.8 Å². The van der Waals surface area contributed by atoms with E-state index < -0.39 is 0 Å². The second-order valence-corrected chi connectivity index (χ2v) is 6.11. The van der Waals surface area contributed by atoms with Gasteiger partial charge in [-0.1, -0.05) is 25.1 Å². The number of nitrogens with one attached hydrogen (secondary N) is 1. The quantitative estimate of drug-likeness (QED) is 0.817. The van der Waals surface area contributed by atoms with Gasteiger partial charge in [-0.3, -0.25) is 0 Å². The summed E-state index contributed by atoms with van der Waals surface area (Å²) in [7, 11) is 0. The van der Waals surface area contributed by atoms with Crippen molar-refractivity contribution in [2.75, 3.05) is 11.5 Å². The summed E-state index contributed by atoms with van der Waals surface area (Å²) in [4.78, 5) is 0. The molecule has 96 valence electrons. The van der Waals surface area contributed by atoms with Crippen LogP contribution < -0.4 is 5.32 Å². The minimum atomic E-state index is 0.432. The molecule has 0 radical (unpaired) electrons. The van der Waals surface area contributed by atoms with Crippen molar-refractivity contribution in [2.45, 2.75) is 46.7 Å². The molecule has 0 aliphatic carbocycles. The van der Waals surface area contributed by atoms with Crippen molar-refractivity contribution in [1.82, 2.24) is 5.32 Å². The summed E-state index contributed by atoms with van der Waals surface area (Å²) in [5, 5.41) is 3.66. The average molecular weight is 251 g/mol. The van der Waals surface area contributed by atoms with E-state index in [9.17, 15) is 0 Å². The van der Waals surface area contributed by atoms with E-state index in [2.05, 4.69) is 58.1 Å². The van der Waals surface area contributed by atoms with E-state index in [4.69, 9.17) is 0 Å². The fourth-order valence-electron chi connectivity index (χ4n) is 1.90. The molecule has 2 unspecified atom stereocenters. The zero-order chi connectivity index (χ0) is 12.8. The van der Waals surface area contributed by atoms with Gasteiger partial charge in [0.25, 0.3) is 0 Å². The van der Waals surface area contributed by atoms with Crippen molar-refractivity contribution >= 4 is 11.8 Å². The van der Waals surface area contributed by atoms with Crippen LogP contribution in [0.1, 0.15) is 43.5 Å². The lowest BCUT2D eigenvalue weighted by Gasteiger charge is -2.20. The van der Waals surface area contributed by atoms with Crippen LogP contribution in [0.5, 0.6) is 0 Å². The van der Waals surface area contributed by atoms with E-state index in [0.29, 0.717) is 12.1 Å². The molecule has 1 aromatic rings. The third-order valence-electron chi connectivity index (χ3n) is 3.14. The first-order valence-corrected chi connectivity index (χ1v) is 7.61. The van der Waals surface area contributed by atoms with Gasteiger partial charge in [0, 0.05) is 17.8 Å². The van der Waals surface area contributed by atoms with Gasteiger partial charge in [0.2, 0.25) is 0 Å². The first kappa shape index (κ1) is 14.6. The molecule has 0 aliphatic rings. The minimum Gasteiger partial charge on any atom is -0.307 e. The molecule has 17 heavy (non-hydrogen) atoms. The first-order valence-electron chi connectivity index (χ1n) is 6.45. The van der Waals surface area contributed by atoms with Crippen LogP contribution in [0.4, 0.5) is 0 Å². The van der Waals surface area contributed by atoms with E-state index in [1.165, 1.54) is 28.2 Å². The second kappa shape index (κ2) is 7.07. The number of hydrogen-bond acceptors (Lipinski definition) is 2. The summed E-state index contributed by atoms with van der Waals surface area (Å²) >= 11 is 2.00. The van der Waals surface area contributed by atoms with E-state index in [1.807, 2.05) is 11.8 Å². The number of hydrogen-bond donors (Lipinski definition) is 1. The van der Waals surface area contributed by atoms with E-state index in [-0.39, 0.29) is 0 Å². The fourth-order valence-corrected chi connectivity index (χ4v) is 2.59. The van der Waals surface area contributed by atoms with Gasteiger partial charge in [0.1, 0.15) is 0 Å². The highest BCUT2D eigenvalue weighted by Crippen LogP contribution is 2.17. The predicted molar refractivity (Wildman–Crippen MR) is 79.9 cm³/mol. The molecular weight excluding hydrogens is 226 g/mol. The van der Waals surface area contributed by atoms with Crippen molar-refractivity contribution in [3.05, 3.63) is 34.9 Å². The van der Waals surface area contributed by atoms with Crippen molar-refractivity contribution in [2.24, 2.45) is 0 Å². The lowest BCUT2D eigenvalue weighted by molar-refractivity contribution is 0.511.